The largest absolute Gasteiger partial charge is 0.482 e. The number of halogens is 1. The number of carboxylic acids is 1. The molecule has 1 aliphatic rings. The minimum atomic E-state index is -1.08. The Morgan fingerprint density at radius 2 is 2.25 bits per heavy atom. The molecule has 1 fully saturated rings. The van der Waals surface area contributed by atoms with E-state index in [0.29, 0.717) is 19.0 Å². The van der Waals surface area contributed by atoms with E-state index in [0.717, 1.165) is 0 Å². The van der Waals surface area contributed by atoms with Gasteiger partial charge in [-0.25, -0.2) is 4.79 Å². The van der Waals surface area contributed by atoms with Crippen molar-refractivity contribution in [3.8, 4) is 5.75 Å². The number of hydrogen-bond donors (Lipinski definition) is 2. The van der Waals surface area contributed by atoms with Crippen LogP contribution in [0.1, 0.15) is 10.4 Å². The Hall–Kier alpha value is -1.46. The molecule has 1 aromatic rings. The Bertz CT molecular complexity index is 408. The zero-order chi connectivity index (χ0) is 11.7. The smallest absolute Gasteiger partial charge is 0.335 e. The first-order valence-corrected chi connectivity index (χ1v) is 5.02. The highest BCUT2D eigenvalue weighted by Gasteiger charge is 2.23. The van der Waals surface area contributed by atoms with Crippen molar-refractivity contribution in [1.29, 1.82) is 0 Å². The second kappa shape index (κ2) is 4.19. The zero-order valence-corrected chi connectivity index (χ0v) is 9.03. The lowest BCUT2D eigenvalue weighted by Gasteiger charge is -2.27. The van der Waals surface area contributed by atoms with Gasteiger partial charge in [0.1, 0.15) is 6.10 Å². The minimum absolute atomic E-state index is 0.0414. The van der Waals surface area contributed by atoms with Crippen LogP contribution in [0, 0.1) is 0 Å². The van der Waals surface area contributed by atoms with Crippen molar-refractivity contribution in [2.24, 2.45) is 0 Å². The number of carbonyl (C=O) groups is 1. The maximum Gasteiger partial charge on any atom is 0.335 e. The van der Waals surface area contributed by atoms with Crippen molar-refractivity contribution in [3.63, 3.8) is 0 Å². The quantitative estimate of drug-likeness (QED) is 0.784. The van der Waals surface area contributed by atoms with Crippen molar-refractivity contribution >= 4 is 23.3 Å². The third-order valence-electron chi connectivity index (χ3n) is 2.21. The van der Waals surface area contributed by atoms with Crippen molar-refractivity contribution in [2.75, 3.05) is 18.9 Å². The molecule has 0 atom stereocenters. The molecule has 6 heteroatoms. The predicted octanol–water partition coefficient (Wildman–Crippen LogP) is 1.40. The van der Waals surface area contributed by atoms with Gasteiger partial charge in [-0.15, -0.1) is 0 Å². The van der Waals surface area contributed by atoms with Gasteiger partial charge in [-0.3, -0.25) is 0 Å². The van der Waals surface area contributed by atoms with E-state index >= 15 is 0 Å². The van der Waals surface area contributed by atoms with Crippen LogP contribution < -0.4 is 10.5 Å². The van der Waals surface area contributed by atoms with E-state index in [1.54, 1.807) is 0 Å². The molecule has 0 radical (unpaired) electrons. The van der Waals surface area contributed by atoms with Gasteiger partial charge in [-0.1, -0.05) is 11.6 Å². The number of rotatable bonds is 3. The monoisotopic (exact) mass is 243 g/mol. The van der Waals surface area contributed by atoms with Gasteiger partial charge in [0.25, 0.3) is 0 Å². The Labute approximate surface area is 96.7 Å². The molecule has 2 rings (SSSR count). The molecule has 0 unspecified atom stereocenters. The Balaban J connectivity index is 2.27. The molecule has 1 heterocycles. The van der Waals surface area contributed by atoms with E-state index in [2.05, 4.69) is 0 Å². The molecule has 0 spiro atoms. The second-order valence-corrected chi connectivity index (χ2v) is 3.87. The molecule has 1 aromatic carbocycles. The fourth-order valence-electron chi connectivity index (χ4n) is 1.31. The molecule has 1 aliphatic heterocycles. The van der Waals surface area contributed by atoms with Gasteiger partial charge < -0.3 is 20.3 Å². The summed E-state index contributed by atoms with van der Waals surface area (Å²) < 4.78 is 10.4. The van der Waals surface area contributed by atoms with E-state index in [1.807, 2.05) is 0 Å². The average Bonchev–Trinajstić information content (AvgIpc) is 2.13. The lowest BCUT2D eigenvalue weighted by molar-refractivity contribution is -0.0793. The Morgan fingerprint density at radius 1 is 1.56 bits per heavy atom. The first kappa shape index (κ1) is 11.0. The predicted molar refractivity (Wildman–Crippen MR) is 58.1 cm³/mol. The molecule has 0 aliphatic carbocycles. The summed E-state index contributed by atoms with van der Waals surface area (Å²) in [5, 5.41) is 8.99. The van der Waals surface area contributed by atoms with Crippen LogP contribution in [0.25, 0.3) is 0 Å². The standard InChI is InChI=1S/C10H10ClNO4/c11-7-1-5(10(13)14)2-8(12)9(7)16-6-3-15-4-6/h1-2,6H,3-4,12H2,(H,13,14). The third kappa shape index (κ3) is 2.05. The average molecular weight is 244 g/mol. The van der Waals surface area contributed by atoms with Crippen LogP contribution in [0.4, 0.5) is 5.69 Å². The molecule has 0 saturated carbocycles. The highest BCUT2D eigenvalue weighted by atomic mass is 35.5. The molecule has 0 amide bonds. The van der Waals surface area contributed by atoms with Crippen LogP contribution in [0.5, 0.6) is 5.75 Å². The van der Waals surface area contributed by atoms with Gasteiger partial charge in [0.05, 0.1) is 29.5 Å². The summed E-state index contributed by atoms with van der Waals surface area (Å²) in [6, 6.07) is 2.64. The highest BCUT2D eigenvalue weighted by Crippen LogP contribution is 2.34. The van der Waals surface area contributed by atoms with E-state index in [9.17, 15) is 4.79 Å². The lowest BCUT2D eigenvalue weighted by Crippen LogP contribution is -2.38. The van der Waals surface area contributed by atoms with Gasteiger partial charge in [0.2, 0.25) is 0 Å². The molecule has 5 nitrogen and oxygen atoms in total. The van der Waals surface area contributed by atoms with Gasteiger partial charge >= 0.3 is 5.97 Å². The summed E-state index contributed by atoms with van der Waals surface area (Å²) in [5.41, 5.74) is 5.93. The lowest BCUT2D eigenvalue weighted by atomic mass is 10.2. The molecular weight excluding hydrogens is 234 g/mol. The van der Waals surface area contributed by atoms with Crippen LogP contribution in [-0.2, 0) is 4.74 Å². The second-order valence-electron chi connectivity index (χ2n) is 3.46. The van der Waals surface area contributed by atoms with Crippen molar-refractivity contribution in [3.05, 3.63) is 22.7 Å². The molecule has 0 bridgehead atoms. The van der Waals surface area contributed by atoms with Crippen molar-refractivity contribution in [2.45, 2.75) is 6.10 Å². The maximum absolute atomic E-state index is 10.7. The minimum Gasteiger partial charge on any atom is -0.482 e. The Morgan fingerprint density at radius 3 is 2.69 bits per heavy atom. The van der Waals surface area contributed by atoms with Gasteiger partial charge in [-0.05, 0) is 12.1 Å². The molecule has 1 saturated heterocycles. The van der Waals surface area contributed by atoms with E-state index < -0.39 is 5.97 Å². The first-order chi connectivity index (χ1) is 7.58. The first-order valence-electron chi connectivity index (χ1n) is 4.64. The number of anilines is 1. The summed E-state index contributed by atoms with van der Waals surface area (Å²) in [6.07, 6.45) is -0.0597. The van der Waals surface area contributed by atoms with Crippen molar-refractivity contribution < 1.29 is 19.4 Å². The molecule has 16 heavy (non-hydrogen) atoms. The van der Waals surface area contributed by atoms with E-state index in [1.165, 1.54) is 12.1 Å². The number of aromatic carboxylic acids is 1. The Kier molecular flexibility index (Phi) is 2.89. The number of nitrogen functional groups attached to an aromatic ring is 1. The van der Waals surface area contributed by atoms with Crippen LogP contribution >= 0.6 is 11.6 Å². The zero-order valence-electron chi connectivity index (χ0n) is 8.27. The summed E-state index contributed by atoms with van der Waals surface area (Å²) in [5.74, 6) is -0.757. The summed E-state index contributed by atoms with van der Waals surface area (Å²) in [6.45, 7) is 0.993. The van der Waals surface area contributed by atoms with Crippen LogP contribution in [0.15, 0.2) is 12.1 Å². The molecule has 86 valence electrons. The summed E-state index contributed by atoms with van der Waals surface area (Å²) >= 11 is 5.89. The van der Waals surface area contributed by atoms with Gasteiger partial charge in [0.15, 0.2) is 5.75 Å². The number of hydrogen-bond acceptors (Lipinski definition) is 4. The SMILES string of the molecule is Nc1cc(C(=O)O)cc(Cl)c1OC1COC1. The van der Waals surface area contributed by atoms with E-state index in [4.69, 9.17) is 31.9 Å². The number of carboxylic acid groups (broad SMARTS) is 1. The summed E-state index contributed by atoms with van der Waals surface area (Å²) in [4.78, 5) is 10.7. The van der Waals surface area contributed by atoms with E-state index in [-0.39, 0.29) is 22.4 Å². The van der Waals surface area contributed by atoms with Gasteiger partial charge in [-0.2, -0.15) is 0 Å². The van der Waals surface area contributed by atoms with Crippen molar-refractivity contribution in [1.82, 2.24) is 0 Å². The third-order valence-corrected chi connectivity index (χ3v) is 2.49. The number of ether oxygens (including phenoxy) is 2. The number of benzene rings is 1. The normalized spacial score (nSPS) is 15.6. The van der Waals surface area contributed by atoms with Crippen LogP contribution in [-0.4, -0.2) is 30.4 Å². The fraction of sp³-hybridized carbons (Fsp3) is 0.300. The van der Waals surface area contributed by atoms with Crippen LogP contribution in [0.3, 0.4) is 0 Å². The molecular formula is C10H10ClNO4. The highest BCUT2D eigenvalue weighted by molar-refractivity contribution is 6.33. The number of nitrogens with two attached hydrogens (primary N) is 1. The topological polar surface area (TPSA) is 81.8 Å². The van der Waals surface area contributed by atoms with Gasteiger partial charge in [0, 0.05) is 0 Å². The fourth-order valence-corrected chi connectivity index (χ4v) is 1.58. The van der Waals surface area contributed by atoms with Crippen LogP contribution in [0.2, 0.25) is 5.02 Å². The molecule has 3 N–H and O–H groups in total. The maximum atomic E-state index is 10.7. The molecule has 0 aromatic heterocycles. The summed E-state index contributed by atoms with van der Waals surface area (Å²) in [7, 11) is 0.